The summed E-state index contributed by atoms with van der Waals surface area (Å²) in [4.78, 5) is 13.3. The van der Waals surface area contributed by atoms with E-state index in [4.69, 9.17) is 4.74 Å². The molecule has 0 atom stereocenters. The lowest BCUT2D eigenvalue weighted by molar-refractivity contribution is -0.119. The number of nitrogens with one attached hydrogen (secondary N) is 1. The quantitative estimate of drug-likeness (QED) is 0.855. The summed E-state index contributed by atoms with van der Waals surface area (Å²) in [5, 5.41) is 4.31. The van der Waals surface area contributed by atoms with Crippen LogP contribution in [0.15, 0.2) is 35.4 Å². The van der Waals surface area contributed by atoms with E-state index in [1.165, 1.54) is 10.9 Å². The van der Waals surface area contributed by atoms with Crippen molar-refractivity contribution in [3.8, 4) is 0 Å². The summed E-state index contributed by atoms with van der Waals surface area (Å²) in [5.74, 6) is 0.566. The Balaban J connectivity index is 1.54. The molecule has 2 aromatic rings. The van der Waals surface area contributed by atoms with Crippen LogP contribution in [0.25, 0.3) is 10.9 Å². The van der Waals surface area contributed by atoms with Crippen molar-refractivity contribution in [2.45, 2.75) is 24.7 Å². The van der Waals surface area contributed by atoms with E-state index in [-0.39, 0.29) is 11.3 Å². The van der Waals surface area contributed by atoms with Gasteiger partial charge < -0.3 is 14.6 Å². The molecule has 0 aliphatic carbocycles. The Bertz CT molecular complexity index is 689. The number of ether oxygens (including phenoxy) is 1. The van der Waals surface area contributed by atoms with E-state index in [1.807, 2.05) is 19.2 Å². The predicted molar refractivity (Wildman–Crippen MR) is 94.8 cm³/mol. The maximum absolute atomic E-state index is 12.2. The standard InChI is InChI=1S/C18H24N2O2S/c1-18(7-9-22-10-8-18)13-19-17(21)12-23-16-11-20(2)15-6-4-3-5-14(15)16/h3-6,11H,7-10,12-13H2,1-2H3,(H,19,21). The van der Waals surface area contributed by atoms with Crippen molar-refractivity contribution >= 4 is 28.6 Å². The number of aryl methyl sites for hydroxylation is 1. The van der Waals surface area contributed by atoms with Crippen LogP contribution in [0.4, 0.5) is 0 Å². The lowest BCUT2D eigenvalue weighted by Crippen LogP contribution is -2.40. The summed E-state index contributed by atoms with van der Waals surface area (Å²) in [5.41, 5.74) is 1.38. The zero-order valence-corrected chi connectivity index (χ0v) is 14.6. The van der Waals surface area contributed by atoms with Crippen LogP contribution in [0.2, 0.25) is 0 Å². The van der Waals surface area contributed by atoms with Crippen molar-refractivity contribution in [1.29, 1.82) is 0 Å². The van der Waals surface area contributed by atoms with Crippen LogP contribution in [-0.4, -0.2) is 36.0 Å². The normalized spacial score (nSPS) is 17.3. The summed E-state index contributed by atoms with van der Waals surface area (Å²) in [6.45, 7) is 4.58. The van der Waals surface area contributed by atoms with Gasteiger partial charge in [0.15, 0.2) is 0 Å². The number of benzene rings is 1. The van der Waals surface area contributed by atoms with E-state index in [2.05, 4.69) is 35.1 Å². The Morgan fingerprint density at radius 2 is 2.09 bits per heavy atom. The fourth-order valence-corrected chi connectivity index (χ4v) is 3.92. The predicted octanol–water partition coefficient (Wildman–Crippen LogP) is 3.20. The number of rotatable bonds is 5. The summed E-state index contributed by atoms with van der Waals surface area (Å²) in [6.07, 6.45) is 4.13. The average Bonchev–Trinajstić information content (AvgIpc) is 2.89. The first-order chi connectivity index (χ1) is 11.1. The molecule has 0 spiro atoms. The molecule has 4 nitrogen and oxygen atoms in total. The molecule has 0 saturated carbocycles. The Kier molecular flexibility index (Phi) is 4.97. The van der Waals surface area contributed by atoms with Gasteiger partial charge in [-0.2, -0.15) is 0 Å². The number of nitrogens with zero attached hydrogens (tertiary/aromatic N) is 1. The molecule has 1 saturated heterocycles. The number of hydrogen-bond donors (Lipinski definition) is 1. The summed E-state index contributed by atoms with van der Waals surface area (Å²) in [6, 6.07) is 8.29. The fraction of sp³-hybridized carbons (Fsp3) is 0.500. The van der Waals surface area contributed by atoms with Crippen molar-refractivity contribution in [1.82, 2.24) is 9.88 Å². The van der Waals surface area contributed by atoms with Crippen LogP contribution >= 0.6 is 11.8 Å². The fourth-order valence-electron chi connectivity index (χ4n) is 2.97. The highest BCUT2D eigenvalue weighted by molar-refractivity contribution is 8.00. The first-order valence-corrected chi connectivity index (χ1v) is 9.07. The van der Waals surface area contributed by atoms with E-state index in [0.29, 0.717) is 5.75 Å². The molecule has 2 heterocycles. The molecule has 1 fully saturated rings. The Labute approximate surface area is 141 Å². The van der Waals surface area contributed by atoms with E-state index in [9.17, 15) is 4.79 Å². The van der Waals surface area contributed by atoms with E-state index in [1.54, 1.807) is 11.8 Å². The number of amides is 1. The highest BCUT2D eigenvalue weighted by Crippen LogP contribution is 2.30. The zero-order chi connectivity index (χ0) is 16.3. The third-order valence-electron chi connectivity index (χ3n) is 4.63. The lowest BCUT2D eigenvalue weighted by Gasteiger charge is -2.33. The average molecular weight is 332 g/mol. The van der Waals surface area contributed by atoms with Gasteiger partial charge in [-0.3, -0.25) is 4.79 Å². The van der Waals surface area contributed by atoms with Crippen molar-refractivity contribution in [2.75, 3.05) is 25.5 Å². The number of fused-ring (bicyclic) bond motifs is 1. The minimum Gasteiger partial charge on any atom is -0.381 e. The van der Waals surface area contributed by atoms with Gasteiger partial charge in [-0.25, -0.2) is 0 Å². The summed E-state index contributed by atoms with van der Waals surface area (Å²) < 4.78 is 7.51. The lowest BCUT2D eigenvalue weighted by atomic mass is 9.82. The molecule has 1 N–H and O–H groups in total. The number of carbonyl (C=O) groups is 1. The van der Waals surface area contributed by atoms with Crippen LogP contribution in [0.5, 0.6) is 0 Å². The first kappa shape index (κ1) is 16.4. The molecule has 0 unspecified atom stereocenters. The second-order valence-corrected chi connectivity index (χ2v) is 7.63. The van der Waals surface area contributed by atoms with Gasteiger partial charge in [-0.15, -0.1) is 11.8 Å². The Morgan fingerprint density at radius 1 is 1.35 bits per heavy atom. The number of aromatic nitrogens is 1. The van der Waals surface area contributed by atoms with Crippen molar-refractivity contribution in [3.63, 3.8) is 0 Å². The molecule has 1 amide bonds. The van der Waals surface area contributed by atoms with Crippen LogP contribution in [0, 0.1) is 5.41 Å². The molecule has 1 aromatic heterocycles. The van der Waals surface area contributed by atoms with Crippen molar-refractivity contribution < 1.29 is 9.53 Å². The number of thioether (sulfide) groups is 1. The third kappa shape index (κ3) is 3.90. The van der Waals surface area contributed by atoms with Gasteiger partial charge in [0, 0.05) is 48.8 Å². The van der Waals surface area contributed by atoms with Crippen LogP contribution in [0.3, 0.4) is 0 Å². The molecule has 124 valence electrons. The maximum Gasteiger partial charge on any atom is 0.230 e. The Hall–Kier alpha value is -1.46. The smallest absolute Gasteiger partial charge is 0.230 e. The molecule has 0 bridgehead atoms. The highest BCUT2D eigenvalue weighted by atomic mass is 32.2. The monoisotopic (exact) mass is 332 g/mol. The van der Waals surface area contributed by atoms with E-state index in [0.717, 1.165) is 37.5 Å². The van der Waals surface area contributed by atoms with Gasteiger partial charge in [-0.05, 0) is 24.3 Å². The maximum atomic E-state index is 12.2. The van der Waals surface area contributed by atoms with Crippen LogP contribution in [0.1, 0.15) is 19.8 Å². The molecule has 0 radical (unpaired) electrons. The molecular weight excluding hydrogens is 308 g/mol. The minimum atomic E-state index is 0.107. The molecule has 1 aliphatic rings. The highest BCUT2D eigenvalue weighted by Gasteiger charge is 2.27. The Morgan fingerprint density at radius 3 is 2.87 bits per heavy atom. The SMILES string of the molecule is Cn1cc(SCC(=O)NCC2(C)CCOCC2)c2ccccc21. The number of para-hydroxylation sites is 1. The first-order valence-electron chi connectivity index (χ1n) is 8.09. The minimum absolute atomic E-state index is 0.107. The van der Waals surface area contributed by atoms with Gasteiger partial charge in [-0.1, -0.05) is 25.1 Å². The van der Waals surface area contributed by atoms with Gasteiger partial charge in [0.25, 0.3) is 0 Å². The number of carbonyl (C=O) groups excluding carboxylic acids is 1. The van der Waals surface area contributed by atoms with Crippen molar-refractivity contribution in [2.24, 2.45) is 12.5 Å². The molecular formula is C18H24N2O2S. The van der Waals surface area contributed by atoms with Gasteiger partial charge in [0.2, 0.25) is 5.91 Å². The summed E-state index contributed by atoms with van der Waals surface area (Å²) >= 11 is 1.61. The van der Waals surface area contributed by atoms with Gasteiger partial charge in [0.05, 0.1) is 5.75 Å². The van der Waals surface area contributed by atoms with Crippen molar-refractivity contribution in [3.05, 3.63) is 30.5 Å². The summed E-state index contributed by atoms with van der Waals surface area (Å²) in [7, 11) is 2.04. The zero-order valence-electron chi connectivity index (χ0n) is 13.8. The van der Waals surface area contributed by atoms with E-state index >= 15 is 0 Å². The van der Waals surface area contributed by atoms with E-state index < -0.39 is 0 Å². The van der Waals surface area contributed by atoms with Crippen LogP contribution < -0.4 is 5.32 Å². The molecule has 23 heavy (non-hydrogen) atoms. The second-order valence-electron chi connectivity index (χ2n) is 6.61. The molecule has 3 rings (SSSR count). The third-order valence-corrected chi connectivity index (χ3v) is 5.67. The van der Waals surface area contributed by atoms with Gasteiger partial charge in [0.1, 0.15) is 0 Å². The van der Waals surface area contributed by atoms with Crippen LogP contribution in [-0.2, 0) is 16.6 Å². The number of hydrogen-bond acceptors (Lipinski definition) is 3. The topological polar surface area (TPSA) is 43.3 Å². The molecule has 1 aliphatic heterocycles. The largest absolute Gasteiger partial charge is 0.381 e. The molecule has 1 aromatic carbocycles. The molecule has 5 heteroatoms. The van der Waals surface area contributed by atoms with Gasteiger partial charge >= 0.3 is 0 Å². The second kappa shape index (κ2) is 6.97.